The lowest BCUT2D eigenvalue weighted by atomic mass is 10.1. The Labute approximate surface area is 162 Å². The Morgan fingerprint density at radius 3 is 2.70 bits per heavy atom. The summed E-state index contributed by atoms with van der Waals surface area (Å²) in [4.78, 5) is 21.4. The third kappa shape index (κ3) is 3.94. The summed E-state index contributed by atoms with van der Waals surface area (Å²) in [5.74, 6) is 2.04. The van der Waals surface area contributed by atoms with Crippen molar-refractivity contribution in [2.75, 3.05) is 11.4 Å². The van der Waals surface area contributed by atoms with Crippen LogP contribution in [0.5, 0.6) is 0 Å². The number of aliphatic hydroxyl groups is 1. The van der Waals surface area contributed by atoms with Gasteiger partial charge < -0.3 is 10.0 Å². The third-order valence-electron chi connectivity index (χ3n) is 4.45. The number of aliphatic hydroxyl groups excluding tert-OH is 1. The molecule has 0 bridgehead atoms. The molecule has 0 amide bonds. The molecule has 1 N–H and O–H groups in total. The molecule has 1 atom stereocenters. The minimum absolute atomic E-state index is 0.442. The molecule has 3 aromatic rings. The summed E-state index contributed by atoms with van der Waals surface area (Å²) in [6.07, 6.45) is 1.88. The highest BCUT2D eigenvalue weighted by molar-refractivity contribution is 7.99. The fourth-order valence-corrected chi connectivity index (χ4v) is 4.17. The normalized spacial score (nSPS) is 14.7. The van der Waals surface area contributed by atoms with E-state index in [-0.39, 0.29) is 0 Å². The predicted octanol–water partition coefficient (Wildman–Crippen LogP) is 3.34. The highest BCUT2D eigenvalue weighted by Gasteiger charge is 2.23. The van der Waals surface area contributed by atoms with E-state index in [1.54, 1.807) is 24.9 Å². The van der Waals surface area contributed by atoms with E-state index < -0.39 is 6.10 Å². The number of aryl methyl sites for hydroxylation is 1. The molecule has 2 aromatic heterocycles. The zero-order valence-electron chi connectivity index (χ0n) is 15.3. The second-order valence-electron chi connectivity index (χ2n) is 6.54. The van der Waals surface area contributed by atoms with Crippen LogP contribution in [0.25, 0.3) is 0 Å². The Morgan fingerprint density at radius 1 is 1.11 bits per heavy atom. The summed E-state index contributed by atoms with van der Waals surface area (Å²) in [6.45, 7) is 5.12. The molecule has 0 aliphatic carbocycles. The Morgan fingerprint density at radius 2 is 1.93 bits per heavy atom. The fourth-order valence-electron chi connectivity index (χ4n) is 3.14. The average molecular weight is 379 g/mol. The molecule has 1 aliphatic rings. The highest BCUT2D eigenvalue weighted by Crippen LogP contribution is 2.33. The van der Waals surface area contributed by atoms with Gasteiger partial charge in [-0.1, -0.05) is 30.0 Å². The van der Waals surface area contributed by atoms with Crippen LogP contribution in [0, 0.1) is 6.92 Å². The van der Waals surface area contributed by atoms with Gasteiger partial charge in [0, 0.05) is 23.2 Å². The van der Waals surface area contributed by atoms with Gasteiger partial charge in [0.2, 0.25) is 0 Å². The molecule has 27 heavy (non-hydrogen) atoms. The van der Waals surface area contributed by atoms with Crippen LogP contribution in [0.3, 0.4) is 0 Å². The van der Waals surface area contributed by atoms with Crippen molar-refractivity contribution in [2.45, 2.75) is 42.8 Å². The molecule has 0 radical (unpaired) electrons. The first-order chi connectivity index (χ1) is 13.1. The predicted molar refractivity (Wildman–Crippen MR) is 105 cm³/mol. The van der Waals surface area contributed by atoms with E-state index in [2.05, 4.69) is 27.0 Å². The van der Waals surface area contributed by atoms with Crippen LogP contribution in [0.1, 0.15) is 35.9 Å². The van der Waals surface area contributed by atoms with Gasteiger partial charge in [-0.15, -0.1) is 0 Å². The minimum Gasteiger partial charge on any atom is -0.385 e. The molecule has 138 valence electrons. The van der Waals surface area contributed by atoms with E-state index in [0.717, 1.165) is 35.3 Å². The Hall–Kier alpha value is -2.51. The third-order valence-corrected chi connectivity index (χ3v) is 5.49. The number of benzene rings is 1. The number of anilines is 1. The van der Waals surface area contributed by atoms with Crippen LogP contribution in [0.2, 0.25) is 0 Å². The second kappa shape index (κ2) is 7.62. The largest absolute Gasteiger partial charge is 0.385 e. The van der Waals surface area contributed by atoms with Gasteiger partial charge >= 0.3 is 0 Å². The molecular formula is C20H21N5OS. The maximum absolute atomic E-state index is 9.75. The monoisotopic (exact) mass is 379 g/mol. The van der Waals surface area contributed by atoms with E-state index in [1.807, 2.05) is 31.2 Å². The fraction of sp³-hybridized carbons (Fsp3) is 0.300. The van der Waals surface area contributed by atoms with Crippen LogP contribution in [0.4, 0.5) is 5.82 Å². The van der Waals surface area contributed by atoms with Crippen LogP contribution < -0.4 is 4.90 Å². The van der Waals surface area contributed by atoms with Gasteiger partial charge in [0.1, 0.15) is 22.8 Å². The summed E-state index contributed by atoms with van der Waals surface area (Å²) in [5.41, 5.74) is 2.26. The summed E-state index contributed by atoms with van der Waals surface area (Å²) in [5, 5.41) is 10.8. The first-order valence-corrected chi connectivity index (χ1v) is 9.77. The maximum atomic E-state index is 9.75. The van der Waals surface area contributed by atoms with Crippen LogP contribution >= 0.6 is 11.8 Å². The molecule has 1 aromatic carbocycles. The molecule has 0 saturated carbocycles. The van der Waals surface area contributed by atoms with Crippen molar-refractivity contribution < 1.29 is 5.11 Å². The van der Waals surface area contributed by atoms with E-state index in [0.29, 0.717) is 12.4 Å². The molecule has 4 rings (SSSR count). The standard InChI is InChI=1S/C20H21N5OS/c1-13(26)19-21-10-8-18(24-19)25-11-9-16-17(12-25)22-14(2)23-20(16)27-15-6-4-3-5-7-15/h3-8,10,13,26H,9,11-12H2,1-2H3/t13-/m1/s1. The summed E-state index contributed by atoms with van der Waals surface area (Å²) in [6, 6.07) is 12.2. The van der Waals surface area contributed by atoms with Crippen molar-refractivity contribution in [3.63, 3.8) is 0 Å². The molecule has 0 spiro atoms. The quantitative estimate of drug-likeness (QED) is 0.697. The van der Waals surface area contributed by atoms with Gasteiger partial charge in [0.25, 0.3) is 0 Å². The van der Waals surface area contributed by atoms with Gasteiger partial charge in [-0.05, 0) is 38.5 Å². The summed E-state index contributed by atoms with van der Waals surface area (Å²) < 4.78 is 0. The van der Waals surface area contributed by atoms with Crippen molar-refractivity contribution in [2.24, 2.45) is 0 Å². The first kappa shape index (κ1) is 17.9. The van der Waals surface area contributed by atoms with E-state index >= 15 is 0 Å². The number of aromatic nitrogens is 4. The number of hydrogen-bond donors (Lipinski definition) is 1. The number of hydrogen-bond acceptors (Lipinski definition) is 7. The molecule has 0 saturated heterocycles. The van der Waals surface area contributed by atoms with Crippen LogP contribution in [0.15, 0.2) is 52.5 Å². The van der Waals surface area contributed by atoms with Crippen molar-refractivity contribution >= 4 is 17.6 Å². The lowest BCUT2D eigenvalue weighted by molar-refractivity contribution is 0.189. The lowest BCUT2D eigenvalue weighted by Crippen LogP contribution is -2.33. The van der Waals surface area contributed by atoms with Crippen LogP contribution in [-0.4, -0.2) is 31.6 Å². The van der Waals surface area contributed by atoms with Crippen molar-refractivity contribution in [3.05, 3.63) is 65.5 Å². The molecular weight excluding hydrogens is 358 g/mol. The molecule has 6 nitrogen and oxygen atoms in total. The Balaban J connectivity index is 1.62. The van der Waals surface area contributed by atoms with Gasteiger partial charge in [0.15, 0.2) is 5.82 Å². The Bertz CT molecular complexity index is 948. The molecule has 7 heteroatoms. The van der Waals surface area contributed by atoms with Crippen LogP contribution in [-0.2, 0) is 13.0 Å². The van der Waals surface area contributed by atoms with Crippen molar-refractivity contribution in [1.82, 2.24) is 19.9 Å². The van der Waals surface area contributed by atoms with E-state index in [4.69, 9.17) is 9.97 Å². The first-order valence-electron chi connectivity index (χ1n) is 8.95. The molecule has 1 aliphatic heterocycles. The number of rotatable bonds is 4. The SMILES string of the molecule is Cc1nc2c(c(Sc3ccccc3)n1)CCN(c1ccnc([C@@H](C)O)n1)C2. The smallest absolute Gasteiger partial charge is 0.158 e. The lowest BCUT2D eigenvalue weighted by Gasteiger charge is -2.30. The van der Waals surface area contributed by atoms with Gasteiger partial charge in [-0.2, -0.15) is 0 Å². The van der Waals surface area contributed by atoms with E-state index in [9.17, 15) is 5.11 Å². The number of fused-ring (bicyclic) bond motifs is 1. The average Bonchev–Trinajstić information content (AvgIpc) is 2.68. The second-order valence-corrected chi connectivity index (χ2v) is 7.60. The van der Waals surface area contributed by atoms with Crippen molar-refractivity contribution in [3.8, 4) is 0 Å². The zero-order valence-corrected chi connectivity index (χ0v) is 16.1. The molecule has 3 heterocycles. The summed E-state index contributed by atoms with van der Waals surface area (Å²) in [7, 11) is 0. The van der Waals surface area contributed by atoms with Gasteiger partial charge in [-0.3, -0.25) is 0 Å². The molecule has 0 fully saturated rings. The minimum atomic E-state index is -0.680. The van der Waals surface area contributed by atoms with E-state index in [1.165, 1.54) is 10.5 Å². The zero-order chi connectivity index (χ0) is 18.8. The van der Waals surface area contributed by atoms with Gasteiger partial charge in [-0.25, -0.2) is 19.9 Å². The topological polar surface area (TPSA) is 75.0 Å². The van der Waals surface area contributed by atoms with Gasteiger partial charge in [0.05, 0.1) is 12.2 Å². The highest BCUT2D eigenvalue weighted by atomic mass is 32.2. The maximum Gasteiger partial charge on any atom is 0.158 e. The van der Waals surface area contributed by atoms with Crippen molar-refractivity contribution in [1.29, 1.82) is 0 Å². The summed E-state index contributed by atoms with van der Waals surface area (Å²) >= 11 is 1.69. The molecule has 0 unspecified atom stereocenters. The number of nitrogens with zero attached hydrogens (tertiary/aromatic N) is 5. The Kier molecular flexibility index (Phi) is 5.05.